The molecule has 0 aliphatic carbocycles. The first-order chi connectivity index (χ1) is 17.1. The Morgan fingerprint density at radius 3 is 2.72 bits per heavy atom. The summed E-state index contributed by atoms with van der Waals surface area (Å²) in [5.41, 5.74) is 5.05. The largest absolute Gasteiger partial charge is 0.416 e. The number of allylic oxidation sites excluding steroid dienone is 1. The van der Waals surface area contributed by atoms with Crippen molar-refractivity contribution < 1.29 is 13.2 Å². The van der Waals surface area contributed by atoms with Crippen LogP contribution in [-0.2, 0) is 26.3 Å². The number of aromatic nitrogens is 4. The van der Waals surface area contributed by atoms with Gasteiger partial charge in [-0.05, 0) is 37.5 Å². The molecule has 1 saturated heterocycles. The average molecular weight is 501 g/mol. The Hall–Kier alpha value is -3.78. The quantitative estimate of drug-likeness (QED) is 0.544. The number of halogens is 3. The van der Waals surface area contributed by atoms with E-state index in [2.05, 4.69) is 16.8 Å². The second-order valence-electron chi connectivity index (χ2n) is 8.73. The lowest BCUT2D eigenvalue weighted by atomic mass is 10.1. The van der Waals surface area contributed by atoms with Crippen molar-refractivity contribution in [3.05, 3.63) is 62.3 Å². The molecule has 3 aromatic rings. The number of nitrogens with zero attached hydrogens (tertiary/aromatic N) is 5. The number of anilines is 1. The minimum atomic E-state index is -4.46. The van der Waals surface area contributed by atoms with Crippen LogP contribution in [0.25, 0.3) is 17.2 Å². The topological polar surface area (TPSA) is 91.1 Å². The van der Waals surface area contributed by atoms with Gasteiger partial charge in [0.1, 0.15) is 0 Å². The van der Waals surface area contributed by atoms with Crippen LogP contribution in [0.5, 0.6) is 0 Å². The Morgan fingerprint density at radius 1 is 1.25 bits per heavy atom. The van der Waals surface area contributed by atoms with E-state index in [9.17, 15) is 22.8 Å². The smallest absolute Gasteiger partial charge is 0.341 e. The molecule has 0 bridgehead atoms. The van der Waals surface area contributed by atoms with Crippen LogP contribution in [0, 0.1) is 11.8 Å². The minimum Gasteiger partial charge on any atom is -0.341 e. The molecule has 8 nitrogen and oxygen atoms in total. The van der Waals surface area contributed by atoms with Gasteiger partial charge in [0.05, 0.1) is 12.1 Å². The molecule has 0 radical (unpaired) electrons. The fraction of sp³-hybridized carbons (Fsp3) is 0.400. The van der Waals surface area contributed by atoms with E-state index >= 15 is 0 Å². The van der Waals surface area contributed by atoms with Crippen LogP contribution in [0.1, 0.15) is 30.9 Å². The normalized spacial score (nSPS) is 16.5. The van der Waals surface area contributed by atoms with Gasteiger partial charge in [-0.1, -0.05) is 30.2 Å². The first-order valence-electron chi connectivity index (χ1n) is 11.6. The van der Waals surface area contributed by atoms with E-state index in [1.54, 1.807) is 11.5 Å². The zero-order valence-corrected chi connectivity index (χ0v) is 20.0. The summed E-state index contributed by atoms with van der Waals surface area (Å²) in [6, 6.07) is 4.80. The van der Waals surface area contributed by atoms with Crippen molar-refractivity contribution in [3.63, 3.8) is 0 Å². The lowest BCUT2D eigenvalue weighted by Gasteiger charge is -2.31. The Kier molecular flexibility index (Phi) is 7.08. The zero-order valence-electron chi connectivity index (χ0n) is 20.0. The fourth-order valence-electron chi connectivity index (χ4n) is 4.37. The molecule has 2 N–H and O–H groups in total. The average Bonchev–Trinajstić information content (AvgIpc) is 3.23. The van der Waals surface area contributed by atoms with Gasteiger partial charge in [-0.3, -0.25) is 18.5 Å². The molecule has 0 spiro atoms. The number of aryl methyl sites for hydroxylation is 1. The van der Waals surface area contributed by atoms with Crippen molar-refractivity contribution in [2.45, 2.75) is 45.1 Å². The van der Waals surface area contributed by atoms with Crippen molar-refractivity contribution in [3.8, 4) is 11.8 Å². The summed E-state index contributed by atoms with van der Waals surface area (Å²) in [7, 11) is 1.53. The van der Waals surface area contributed by atoms with Crippen LogP contribution in [0.15, 0.2) is 39.9 Å². The lowest BCUT2D eigenvalue weighted by molar-refractivity contribution is -0.137. The van der Waals surface area contributed by atoms with Crippen molar-refractivity contribution in [2.75, 3.05) is 18.0 Å². The summed E-state index contributed by atoms with van der Waals surface area (Å²) in [5.74, 6) is 6.33. The van der Waals surface area contributed by atoms with Crippen LogP contribution in [0.2, 0.25) is 0 Å². The highest BCUT2D eigenvalue weighted by Crippen LogP contribution is 2.29. The highest BCUT2D eigenvalue weighted by atomic mass is 19.4. The summed E-state index contributed by atoms with van der Waals surface area (Å²) in [5, 5.41) is 0. The highest BCUT2D eigenvalue weighted by Gasteiger charge is 2.30. The van der Waals surface area contributed by atoms with Crippen LogP contribution >= 0.6 is 0 Å². The lowest BCUT2D eigenvalue weighted by Crippen LogP contribution is -2.44. The summed E-state index contributed by atoms with van der Waals surface area (Å²) in [6.45, 7) is 3.08. The molecule has 1 fully saturated rings. The first kappa shape index (κ1) is 25.3. The summed E-state index contributed by atoms with van der Waals surface area (Å²) >= 11 is 0. The monoisotopic (exact) mass is 500 g/mol. The van der Waals surface area contributed by atoms with Gasteiger partial charge in [0.2, 0.25) is 5.95 Å². The molecule has 1 atom stereocenters. The Morgan fingerprint density at radius 2 is 2.03 bits per heavy atom. The maximum atomic E-state index is 13.5. The summed E-state index contributed by atoms with van der Waals surface area (Å²) in [4.78, 5) is 33.2. The van der Waals surface area contributed by atoms with E-state index in [0.29, 0.717) is 18.1 Å². The SMILES string of the molecule is CC#CCn1c(N2CCC[C@@H](N)C2)nc2c1c(=O)n(C/C=C/c1cccc(C(F)(F)F)c1)c(=O)n2C. The van der Waals surface area contributed by atoms with Gasteiger partial charge < -0.3 is 10.6 Å². The summed E-state index contributed by atoms with van der Waals surface area (Å²) in [6.07, 6.45) is 0.257. The third-order valence-electron chi connectivity index (χ3n) is 6.18. The number of imidazole rings is 1. The maximum absolute atomic E-state index is 13.5. The van der Waals surface area contributed by atoms with Crippen molar-refractivity contribution >= 4 is 23.2 Å². The van der Waals surface area contributed by atoms with Gasteiger partial charge in [0.25, 0.3) is 5.56 Å². The number of hydrogen-bond acceptors (Lipinski definition) is 5. The minimum absolute atomic E-state index is 0.0225. The predicted octanol–water partition coefficient (Wildman–Crippen LogP) is 2.58. The fourth-order valence-corrected chi connectivity index (χ4v) is 4.37. The van der Waals surface area contributed by atoms with E-state index in [1.807, 2.05) is 4.90 Å². The second-order valence-corrected chi connectivity index (χ2v) is 8.73. The van der Waals surface area contributed by atoms with Crippen LogP contribution in [0.3, 0.4) is 0 Å². The molecule has 1 aromatic carbocycles. The van der Waals surface area contributed by atoms with E-state index in [-0.39, 0.29) is 30.3 Å². The van der Waals surface area contributed by atoms with Crippen LogP contribution < -0.4 is 21.9 Å². The number of benzene rings is 1. The molecule has 1 aliphatic heterocycles. The number of hydrogen-bond donors (Lipinski definition) is 1. The molecule has 3 heterocycles. The molecule has 190 valence electrons. The number of rotatable bonds is 5. The van der Waals surface area contributed by atoms with E-state index in [1.165, 1.54) is 35.9 Å². The first-order valence-corrected chi connectivity index (χ1v) is 11.6. The van der Waals surface area contributed by atoms with Gasteiger partial charge in [-0.25, -0.2) is 4.79 Å². The summed E-state index contributed by atoms with van der Waals surface area (Å²) < 4.78 is 43.0. The third kappa shape index (κ3) is 4.95. The molecule has 4 rings (SSSR count). The highest BCUT2D eigenvalue weighted by molar-refractivity contribution is 5.75. The van der Waals surface area contributed by atoms with Crippen LogP contribution in [0.4, 0.5) is 19.1 Å². The van der Waals surface area contributed by atoms with E-state index in [0.717, 1.165) is 36.1 Å². The van der Waals surface area contributed by atoms with Gasteiger partial charge in [0.15, 0.2) is 11.2 Å². The Labute approximate surface area is 205 Å². The maximum Gasteiger partial charge on any atom is 0.416 e. The van der Waals surface area contributed by atoms with E-state index in [4.69, 9.17) is 5.73 Å². The Bertz CT molecular complexity index is 1490. The molecule has 0 amide bonds. The number of fused-ring (bicyclic) bond motifs is 1. The van der Waals surface area contributed by atoms with Gasteiger partial charge in [0, 0.05) is 32.7 Å². The molecular weight excluding hydrogens is 473 g/mol. The van der Waals surface area contributed by atoms with E-state index < -0.39 is 23.0 Å². The molecule has 36 heavy (non-hydrogen) atoms. The number of alkyl halides is 3. The Balaban J connectivity index is 1.77. The molecule has 1 aliphatic rings. The van der Waals surface area contributed by atoms with Gasteiger partial charge >= 0.3 is 11.9 Å². The number of piperidine rings is 1. The van der Waals surface area contributed by atoms with Crippen molar-refractivity contribution in [2.24, 2.45) is 12.8 Å². The van der Waals surface area contributed by atoms with Crippen LogP contribution in [-0.4, -0.2) is 37.8 Å². The zero-order chi connectivity index (χ0) is 26.0. The molecule has 2 aromatic heterocycles. The van der Waals surface area contributed by atoms with Crippen molar-refractivity contribution in [1.29, 1.82) is 0 Å². The standard InChI is InChI=1S/C25H27F3N6O2/c1-3-4-13-33-20-21(30-23(33)32-12-7-11-19(29)16-32)31(2)24(36)34(22(20)35)14-6-9-17-8-5-10-18(15-17)25(26,27)28/h5-6,8-10,15,19H,7,11-14,16,29H2,1-2H3/b9-6+/t19-/m1/s1. The molecule has 0 unspecified atom stereocenters. The predicted molar refractivity (Wildman–Crippen MR) is 133 cm³/mol. The second kappa shape index (κ2) is 10.1. The molecular formula is C25H27F3N6O2. The molecule has 0 saturated carbocycles. The van der Waals surface area contributed by atoms with Crippen molar-refractivity contribution in [1.82, 2.24) is 18.7 Å². The van der Waals surface area contributed by atoms with Gasteiger partial charge in [-0.15, -0.1) is 5.92 Å². The molecule has 11 heteroatoms. The third-order valence-corrected chi connectivity index (χ3v) is 6.18. The van der Waals surface area contributed by atoms with Gasteiger partial charge in [-0.2, -0.15) is 18.2 Å². The number of nitrogens with two attached hydrogens (primary N) is 1.